The van der Waals surface area contributed by atoms with Crippen molar-refractivity contribution in [3.63, 3.8) is 0 Å². The molecule has 0 radical (unpaired) electrons. The monoisotopic (exact) mass is 380 g/mol. The fraction of sp³-hybridized carbons (Fsp3) is 0.400. The molecule has 1 aliphatic rings. The third-order valence-corrected chi connectivity index (χ3v) is 4.97. The molecule has 0 spiro atoms. The summed E-state index contributed by atoms with van der Waals surface area (Å²) in [5, 5.41) is 0. The number of pyridine rings is 1. The van der Waals surface area contributed by atoms with Gasteiger partial charge in [-0.1, -0.05) is 18.9 Å². The van der Waals surface area contributed by atoms with Crippen LogP contribution in [0.3, 0.4) is 0 Å². The molecule has 104 valence electrons. The Hall–Kier alpha value is -1.24. The first-order chi connectivity index (χ1) is 9.66. The average Bonchev–Trinajstić information content (AvgIpc) is 2.96. The van der Waals surface area contributed by atoms with E-state index in [1.54, 1.807) is 6.20 Å². The largest absolute Gasteiger partial charge is 0.383 e. The van der Waals surface area contributed by atoms with Gasteiger partial charge in [0.05, 0.1) is 9.26 Å². The van der Waals surface area contributed by atoms with E-state index in [1.165, 1.54) is 25.7 Å². The zero-order valence-electron chi connectivity index (χ0n) is 11.4. The number of aromatic nitrogens is 3. The van der Waals surface area contributed by atoms with Gasteiger partial charge in [-0.15, -0.1) is 0 Å². The van der Waals surface area contributed by atoms with Crippen molar-refractivity contribution < 1.29 is 0 Å². The molecule has 2 N–H and O–H groups in total. The highest BCUT2D eigenvalue weighted by Gasteiger charge is 2.24. The van der Waals surface area contributed by atoms with Crippen molar-refractivity contribution in [3.05, 3.63) is 33.2 Å². The first-order valence-electron chi connectivity index (χ1n) is 6.91. The molecule has 0 bridgehead atoms. The minimum absolute atomic E-state index is 0.523. The Morgan fingerprint density at radius 3 is 2.70 bits per heavy atom. The topological polar surface area (TPSA) is 64.7 Å². The summed E-state index contributed by atoms with van der Waals surface area (Å²) in [5.74, 6) is 1.75. The Morgan fingerprint density at radius 2 is 2.00 bits per heavy atom. The highest BCUT2D eigenvalue weighted by atomic mass is 127. The van der Waals surface area contributed by atoms with Gasteiger partial charge in [-0.2, -0.15) is 0 Å². The smallest absolute Gasteiger partial charge is 0.180 e. The van der Waals surface area contributed by atoms with Crippen molar-refractivity contribution in [2.75, 3.05) is 5.73 Å². The fourth-order valence-corrected chi connectivity index (χ4v) is 3.46. The summed E-state index contributed by atoms with van der Waals surface area (Å²) in [6.45, 7) is 2.02. The van der Waals surface area contributed by atoms with Crippen LogP contribution in [0.15, 0.2) is 18.3 Å². The number of hydrogen-bond acceptors (Lipinski definition) is 4. The van der Waals surface area contributed by atoms with Crippen LogP contribution in [0.4, 0.5) is 5.82 Å². The normalized spacial score (nSPS) is 15.7. The molecule has 0 aromatic carbocycles. The minimum Gasteiger partial charge on any atom is -0.383 e. The first kappa shape index (κ1) is 13.7. The Balaban J connectivity index is 2.11. The van der Waals surface area contributed by atoms with Gasteiger partial charge < -0.3 is 5.73 Å². The molecule has 2 aromatic heterocycles. The summed E-state index contributed by atoms with van der Waals surface area (Å²) in [5.41, 5.74) is 9.10. The molecule has 2 heterocycles. The average molecular weight is 380 g/mol. The molecule has 2 aromatic rings. The lowest BCUT2D eigenvalue weighted by Crippen LogP contribution is -2.08. The summed E-state index contributed by atoms with van der Waals surface area (Å²) in [4.78, 5) is 13.6. The van der Waals surface area contributed by atoms with Gasteiger partial charge in [0.1, 0.15) is 11.5 Å². The molecule has 0 aliphatic heterocycles. The Bertz CT molecular complexity index is 636. The lowest BCUT2D eigenvalue weighted by Gasteiger charge is -2.14. The number of nitrogen functional groups attached to an aromatic ring is 1. The van der Waals surface area contributed by atoms with Crippen molar-refractivity contribution in [2.24, 2.45) is 0 Å². The summed E-state index contributed by atoms with van der Waals surface area (Å²) in [7, 11) is 0. The molecule has 3 rings (SSSR count). The number of aryl methyl sites for hydroxylation is 1. The fourth-order valence-electron chi connectivity index (χ4n) is 2.78. The molecule has 0 amide bonds. The zero-order valence-corrected chi connectivity index (χ0v) is 13.6. The molecule has 0 unspecified atom stereocenters. The molecule has 4 nitrogen and oxygen atoms in total. The highest BCUT2D eigenvalue weighted by Crippen LogP contribution is 2.37. The van der Waals surface area contributed by atoms with Crippen LogP contribution in [0, 0.1) is 10.5 Å². The Labute approximate surface area is 132 Å². The van der Waals surface area contributed by atoms with E-state index in [2.05, 4.69) is 32.6 Å². The molecule has 1 saturated carbocycles. The number of hydrogen-bond donors (Lipinski definition) is 1. The van der Waals surface area contributed by atoms with Gasteiger partial charge in [0.15, 0.2) is 5.82 Å². The van der Waals surface area contributed by atoms with Crippen molar-refractivity contribution >= 4 is 28.4 Å². The second kappa shape index (κ2) is 5.63. The van der Waals surface area contributed by atoms with Gasteiger partial charge in [-0.25, -0.2) is 9.97 Å². The molecule has 1 aliphatic carbocycles. The summed E-state index contributed by atoms with van der Waals surface area (Å²) in [6.07, 6.45) is 6.74. The van der Waals surface area contributed by atoms with Gasteiger partial charge in [-0.3, -0.25) is 4.98 Å². The standard InChI is InChI=1S/C15H17IN4/c1-9-5-4-8-18-12(9)15-19-13(10-6-2-3-7-10)11(16)14(17)20-15/h4-5,8,10H,2-3,6-7H2,1H3,(H2,17,19,20). The summed E-state index contributed by atoms with van der Waals surface area (Å²) < 4.78 is 1.01. The zero-order chi connectivity index (χ0) is 14.1. The summed E-state index contributed by atoms with van der Waals surface area (Å²) in [6, 6.07) is 3.95. The third-order valence-electron chi connectivity index (χ3n) is 3.87. The van der Waals surface area contributed by atoms with E-state index >= 15 is 0 Å². The maximum atomic E-state index is 6.09. The van der Waals surface area contributed by atoms with Crippen LogP contribution in [-0.2, 0) is 0 Å². The maximum absolute atomic E-state index is 6.09. The Kier molecular flexibility index (Phi) is 3.87. The predicted octanol–water partition coefficient (Wildman–Crippen LogP) is 3.69. The predicted molar refractivity (Wildman–Crippen MR) is 88.3 cm³/mol. The molecule has 1 fully saturated rings. The van der Waals surface area contributed by atoms with Crippen LogP contribution in [0.1, 0.15) is 42.9 Å². The lowest BCUT2D eigenvalue weighted by molar-refractivity contribution is 0.690. The Morgan fingerprint density at radius 1 is 1.25 bits per heavy atom. The lowest BCUT2D eigenvalue weighted by atomic mass is 10.0. The van der Waals surface area contributed by atoms with Crippen LogP contribution in [0.2, 0.25) is 0 Å². The summed E-state index contributed by atoms with van der Waals surface area (Å²) >= 11 is 2.27. The SMILES string of the molecule is Cc1cccnc1-c1nc(N)c(I)c(C2CCCC2)n1. The molecule has 0 saturated heterocycles. The molecular formula is C15H17IN4. The van der Waals surface area contributed by atoms with Crippen molar-refractivity contribution in [3.8, 4) is 11.5 Å². The van der Waals surface area contributed by atoms with E-state index in [-0.39, 0.29) is 0 Å². The molecular weight excluding hydrogens is 363 g/mol. The second-order valence-electron chi connectivity index (χ2n) is 5.28. The maximum Gasteiger partial charge on any atom is 0.180 e. The second-order valence-corrected chi connectivity index (χ2v) is 6.36. The van der Waals surface area contributed by atoms with Crippen LogP contribution in [-0.4, -0.2) is 15.0 Å². The van der Waals surface area contributed by atoms with Gasteiger partial charge in [-0.05, 0) is 54.0 Å². The van der Waals surface area contributed by atoms with Crippen molar-refractivity contribution in [1.29, 1.82) is 0 Å². The highest BCUT2D eigenvalue weighted by molar-refractivity contribution is 14.1. The molecule has 0 atom stereocenters. The number of nitrogens with zero attached hydrogens (tertiary/aromatic N) is 3. The first-order valence-corrected chi connectivity index (χ1v) is 7.99. The van der Waals surface area contributed by atoms with Crippen LogP contribution in [0.5, 0.6) is 0 Å². The van der Waals surface area contributed by atoms with Gasteiger partial charge >= 0.3 is 0 Å². The van der Waals surface area contributed by atoms with Crippen LogP contribution < -0.4 is 5.73 Å². The van der Waals surface area contributed by atoms with Gasteiger partial charge in [0.2, 0.25) is 0 Å². The number of halogens is 1. The number of nitrogens with two attached hydrogens (primary N) is 1. The van der Waals surface area contributed by atoms with E-state index in [4.69, 9.17) is 10.7 Å². The quantitative estimate of drug-likeness (QED) is 0.808. The van der Waals surface area contributed by atoms with E-state index in [9.17, 15) is 0 Å². The van der Waals surface area contributed by atoms with E-state index in [0.29, 0.717) is 17.6 Å². The van der Waals surface area contributed by atoms with E-state index in [0.717, 1.165) is 20.5 Å². The third kappa shape index (κ3) is 2.51. The van der Waals surface area contributed by atoms with E-state index in [1.807, 2.05) is 19.1 Å². The number of anilines is 1. The molecule has 20 heavy (non-hydrogen) atoms. The molecule has 5 heteroatoms. The van der Waals surface area contributed by atoms with Crippen molar-refractivity contribution in [1.82, 2.24) is 15.0 Å². The van der Waals surface area contributed by atoms with Crippen LogP contribution >= 0.6 is 22.6 Å². The van der Waals surface area contributed by atoms with Gasteiger partial charge in [0, 0.05) is 12.1 Å². The van der Waals surface area contributed by atoms with Crippen molar-refractivity contribution in [2.45, 2.75) is 38.5 Å². The van der Waals surface area contributed by atoms with Crippen LogP contribution in [0.25, 0.3) is 11.5 Å². The van der Waals surface area contributed by atoms with Gasteiger partial charge in [0.25, 0.3) is 0 Å². The number of rotatable bonds is 2. The van der Waals surface area contributed by atoms with E-state index < -0.39 is 0 Å². The minimum atomic E-state index is 0.523.